The minimum atomic E-state index is -0.565. The van der Waals surface area contributed by atoms with Crippen LogP contribution in [0.25, 0.3) is 22.3 Å². The summed E-state index contributed by atoms with van der Waals surface area (Å²) in [7, 11) is 1.75. The van der Waals surface area contributed by atoms with Gasteiger partial charge in [0.25, 0.3) is 0 Å². The van der Waals surface area contributed by atoms with Gasteiger partial charge in [-0.1, -0.05) is 72.8 Å². The lowest BCUT2D eigenvalue weighted by Crippen LogP contribution is -2.35. The van der Waals surface area contributed by atoms with Gasteiger partial charge in [0.15, 0.2) is 0 Å². The number of nitrogens with zero attached hydrogens (tertiary/aromatic N) is 4. The Hall–Kier alpha value is -5.31. The molecule has 0 aliphatic carbocycles. The van der Waals surface area contributed by atoms with E-state index in [1.54, 1.807) is 33.2 Å². The third kappa shape index (κ3) is 6.62. The summed E-state index contributed by atoms with van der Waals surface area (Å²) in [5, 5.41) is 0. The van der Waals surface area contributed by atoms with Crippen molar-refractivity contribution in [2.75, 3.05) is 13.1 Å². The molecule has 0 spiro atoms. The largest absolute Gasteiger partial charge is 0.473 e. The van der Waals surface area contributed by atoms with Gasteiger partial charge in [0.05, 0.1) is 11.0 Å². The summed E-state index contributed by atoms with van der Waals surface area (Å²) in [5.41, 5.74) is 5.08. The van der Waals surface area contributed by atoms with Crippen LogP contribution in [0.1, 0.15) is 37.5 Å². The van der Waals surface area contributed by atoms with Gasteiger partial charge in [-0.05, 0) is 61.2 Å². The Morgan fingerprint density at radius 2 is 1.51 bits per heavy atom. The van der Waals surface area contributed by atoms with Crippen LogP contribution in [0, 0.1) is 0 Å². The van der Waals surface area contributed by atoms with Crippen LogP contribution in [0.5, 0.6) is 11.8 Å². The molecule has 9 heteroatoms. The highest BCUT2D eigenvalue weighted by molar-refractivity contribution is 5.85. The smallest absolute Gasteiger partial charge is 0.410 e. The van der Waals surface area contributed by atoms with Crippen molar-refractivity contribution < 1.29 is 19.0 Å². The number of carbonyl (C=O) groups excluding carboxylic acids is 1. The van der Waals surface area contributed by atoms with Crippen LogP contribution in [0.2, 0.25) is 0 Å². The fourth-order valence-electron chi connectivity index (χ4n) is 5.23. The Bertz CT molecular complexity index is 1920. The summed E-state index contributed by atoms with van der Waals surface area (Å²) in [6.45, 7) is 7.09. The summed E-state index contributed by atoms with van der Waals surface area (Å²) in [5.74, 6) is 0.679. The fourth-order valence-corrected chi connectivity index (χ4v) is 5.23. The molecule has 1 amide bonds. The predicted octanol–water partition coefficient (Wildman–Crippen LogP) is 6.52. The number of rotatable bonds is 8. The number of imidazole rings is 1. The second-order valence-corrected chi connectivity index (χ2v) is 12.0. The van der Waals surface area contributed by atoms with Crippen molar-refractivity contribution in [2.24, 2.45) is 7.05 Å². The molecule has 3 heterocycles. The molecule has 1 aliphatic heterocycles. The number of ether oxygens (including phenoxy) is 3. The van der Waals surface area contributed by atoms with Crippen molar-refractivity contribution in [1.29, 1.82) is 0 Å². The van der Waals surface area contributed by atoms with E-state index in [-0.39, 0.29) is 24.3 Å². The van der Waals surface area contributed by atoms with Crippen molar-refractivity contribution in [1.82, 2.24) is 19.0 Å². The first-order chi connectivity index (χ1) is 21.7. The van der Waals surface area contributed by atoms with Crippen LogP contribution in [-0.4, -0.2) is 43.8 Å². The molecule has 2 aromatic heterocycles. The van der Waals surface area contributed by atoms with Crippen molar-refractivity contribution in [3.63, 3.8) is 0 Å². The van der Waals surface area contributed by atoms with Gasteiger partial charge in [0, 0.05) is 26.2 Å². The zero-order valence-corrected chi connectivity index (χ0v) is 25.9. The number of aromatic nitrogens is 3. The second kappa shape index (κ2) is 12.4. The lowest BCUT2D eigenvalue weighted by Gasteiger charge is -2.24. The Morgan fingerprint density at radius 1 is 0.844 bits per heavy atom. The van der Waals surface area contributed by atoms with E-state index in [1.807, 2.05) is 106 Å². The summed E-state index contributed by atoms with van der Waals surface area (Å²) in [4.78, 5) is 32.7. The van der Waals surface area contributed by atoms with Crippen molar-refractivity contribution in [2.45, 2.75) is 39.6 Å². The highest BCUT2D eigenvalue weighted by Gasteiger charge is 2.26. The van der Waals surface area contributed by atoms with Crippen LogP contribution >= 0.6 is 0 Å². The van der Waals surface area contributed by atoms with E-state index in [9.17, 15) is 9.59 Å². The third-order valence-electron chi connectivity index (χ3n) is 7.50. The first-order valence-electron chi connectivity index (χ1n) is 14.9. The van der Waals surface area contributed by atoms with Crippen LogP contribution in [-0.2, 0) is 25.0 Å². The molecule has 0 fully saturated rings. The first-order valence-corrected chi connectivity index (χ1v) is 14.9. The molecule has 0 radical (unpaired) electrons. The summed E-state index contributed by atoms with van der Waals surface area (Å²) in [6.07, 6.45) is 1.67. The normalized spacial score (nSPS) is 13.2. The van der Waals surface area contributed by atoms with Gasteiger partial charge in [-0.25, -0.2) is 9.59 Å². The highest BCUT2D eigenvalue weighted by atomic mass is 16.6. The number of benzene rings is 3. The maximum atomic E-state index is 13.7. The molecule has 6 rings (SSSR count). The molecular weight excluding hydrogens is 568 g/mol. The van der Waals surface area contributed by atoms with Crippen LogP contribution in [0.4, 0.5) is 4.79 Å². The standard InChI is InChI=1S/C36H36N4O5/c1-36(2,3)45-35(42)39-20-19-28(22-39)27-15-16-29-31(21-27)38(4)34(41)40(29)30-17-18-32(43-23-25-11-7-5-8-12-25)37-33(30)44-24-26-13-9-6-10-14-26/h5-19,21H,20,22-24H2,1-4H3. The van der Waals surface area contributed by atoms with Gasteiger partial charge in [-0.2, -0.15) is 4.98 Å². The Morgan fingerprint density at radius 3 is 2.18 bits per heavy atom. The van der Waals surface area contributed by atoms with E-state index in [1.165, 1.54) is 0 Å². The zero-order chi connectivity index (χ0) is 31.6. The maximum absolute atomic E-state index is 13.7. The fraction of sp³-hybridized carbons (Fsp3) is 0.250. The number of fused-ring (bicyclic) bond motifs is 1. The average molecular weight is 605 g/mol. The average Bonchev–Trinajstić information content (AvgIpc) is 3.63. The minimum Gasteiger partial charge on any atom is -0.473 e. The number of pyridine rings is 1. The van der Waals surface area contributed by atoms with Gasteiger partial charge < -0.3 is 19.1 Å². The maximum Gasteiger partial charge on any atom is 0.410 e. The molecule has 0 atom stereocenters. The lowest BCUT2D eigenvalue weighted by atomic mass is 10.1. The van der Waals surface area contributed by atoms with Crippen LogP contribution in [0.15, 0.2) is 102 Å². The molecule has 5 aromatic rings. The van der Waals surface area contributed by atoms with Gasteiger partial charge in [0.2, 0.25) is 11.8 Å². The molecule has 0 unspecified atom stereocenters. The Balaban J connectivity index is 1.32. The molecule has 0 bridgehead atoms. The van der Waals surface area contributed by atoms with E-state index < -0.39 is 5.60 Å². The number of aryl methyl sites for hydroxylation is 1. The Kier molecular flexibility index (Phi) is 8.17. The van der Waals surface area contributed by atoms with Gasteiger partial charge in [-0.15, -0.1) is 0 Å². The topological polar surface area (TPSA) is 87.8 Å². The lowest BCUT2D eigenvalue weighted by molar-refractivity contribution is 0.0306. The zero-order valence-electron chi connectivity index (χ0n) is 25.9. The van der Waals surface area contributed by atoms with Crippen LogP contribution in [0.3, 0.4) is 0 Å². The molecule has 0 saturated heterocycles. The Labute approximate surface area is 261 Å². The number of hydrogen-bond donors (Lipinski definition) is 0. The van der Waals surface area contributed by atoms with Crippen molar-refractivity contribution in [3.8, 4) is 17.4 Å². The molecule has 3 aromatic carbocycles. The van der Waals surface area contributed by atoms with Gasteiger partial charge >= 0.3 is 11.8 Å². The molecule has 1 aliphatic rings. The van der Waals surface area contributed by atoms with E-state index >= 15 is 0 Å². The summed E-state index contributed by atoms with van der Waals surface area (Å²) >= 11 is 0. The molecule has 230 valence electrons. The van der Waals surface area contributed by atoms with Crippen LogP contribution < -0.4 is 15.2 Å². The number of amides is 1. The second-order valence-electron chi connectivity index (χ2n) is 12.0. The quantitative estimate of drug-likeness (QED) is 0.201. The van der Waals surface area contributed by atoms with Gasteiger partial charge in [-0.3, -0.25) is 9.13 Å². The molecule has 9 nitrogen and oxygen atoms in total. The van der Waals surface area contributed by atoms with Crippen molar-refractivity contribution in [3.05, 3.63) is 124 Å². The molecule has 0 saturated carbocycles. The van der Waals surface area contributed by atoms with E-state index in [0.717, 1.165) is 27.8 Å². The summed E-state index contributed by atoms with van der Waals surface area (Å²) in [6, 6.07) is 29.1. The van der Waals surface area contributed by atoms with E-state index in [0.29, 0.717) is 36.8 Å². The molecule has 0 N–H and O–H groups in total. The molecular formula is C36H36N4O5. The molecule has 45 heavy (non-hydrogen) atoms. The van der Waals surface area contributed by atoms with Gasteiger partial charge in [0.1, 0.15) is 24.5 Å². The highest BCUT2D eigenvalue weighted by Crippen LogP contribution is 2.30. The first kappa shape index (κ1) is 29.7. The number of hydrogen-bond acceptors (Lipinski definition) is 6. The monoisotopic (exact) mass is 604 g/mol. The van der Waals surface area contributed by atoms with E-state index in [4.69, 9.17) is 19.2 Å². The number of carbonyl (C=O) groups is 1. The minimum absolute atomic E-state index is 0.234. The van der Waals surface area contributed by atoms with Crippen molar-refractivity contribution >= 4 is 22.7 Å². The predicted molar refractivity (Wildman–Crippen MR) is 174 cm³/mol. The van der Waals surface area contributed by atoms with E-state index in [2.05, 4.69) is 0 Å². The summed E-state index contributed by atoms with van der Waals surface area (Å²) < 4.78 is 21.0. The third-order valence-corrected chi connectivity index (χ3v) is 7.50. The SMILES string of the molecule is Cn1c(=O)n(-c2ccc(OCc3ccccc3)nc2OCc2ccccc2)c2ccc(C3=CCN(C(=O)OC(C)(C)C)C3)cc21.